The maximum atomic E-state index is 13.2. The third kappa shape index (κ3) is 6.45. The number of fused-ring (bicyclic) bond motifs is 2. The minimum absolute atomic E-state index is 0.209. The largest absolute Gasteiger partial charge is 0.454 e. The number of likely N-dealkylation sites (N-methyl/N-ethyl adjacent to an activating group) is 2. The van der Waals surface area contributed by atoms with Crippen LogP contribution in [0.5, 0.6) is 11.5 Å². The highest BCUT2D eigenvalue weighted by atomic mass is 35.5. The molecule has 0 saturated carbocycles. The number of hydrogen-bond donors (Lipinski definition) is 2. The second-order valence-corrected chi connectivity index (χ2v) is 10.7. The number of ether oxygens (including phenoxy) is 2. The lowest BCUT2D eigenvalue weighted by atomic mass is 10.2. The predicted molar refractivity (Wildman–Crippen MR) is 167 cm³/mol. The fourth-order valence-electron chi connectivity index (χ4n) is 4.64. The van der Waals surface area contributed by atoms with E-state index < -0.39 is 0 Å². The molecule has 3 heterocycles. The van der Waals surface area contributed by atoms with Crippen LogP contribution >= 0.6 is 11.6 Å². The van der Waals surface area contributed by atoms with Crippen molar-refractivity contribution in [1.29, 1.82) is 0 Å². The Balaban J connectivity index is 1.22. The molecule has 13 heteroatoms. The van der Waals surface area contributed by atoms with Crippen molar-refractivity contribution in [2.45, 2.75) is 13.1 Å². The van der Waals surface area contributed by atoms with E-state index in [9.17, 15) is 9.18 Å². The van der Waals surface area contributed by atoms with E-state index in [1.807, 2.05) is 59.0 Å². The Kier molecular flexibility index (Phi) is 8.33. The molecule has 11 nitrogen and oxygen atoms in total. The van der Waals surface area contributed by atoms with E-state index in [2.05, 4.69) is 15.6 Å². The van der Waals surface area contributed by atoms with Crippen molar-refractivity contribution in [3.8, 4) is 11.5 Å². The summed E-state index contributed by atoms with van der Waals surface area (Å²) in [5.74, 6) is 2.08. The van der Waals surface area contributed by atoms with Crippen LogP contribution in [0.1, 0.15) is 11.1 Å². The SMILES string of the molecule is CN(CCN(C)c1nc(NCc2ccc3c(c2)OCO3)c2ncn(Cc3ccccc3Cl)c2n1)C(=O)Nc1ccc(F)cc1. The molecule has 44 heavy (non-hydrogen) atoms. The average Bonchev–Trinajstić information content (AvgIpc) is 3.67. The minimum atomic E-state index is -0.368. The molecule has 0 fully saturated rings. The van der Waals surface area contributed by atoms with Gasteiger partial charge in [0.1, 0.15) is 5.82 Å². The molecule has 2 amide bonds. The highest BCUT2D eigenvalue weighted by Crippen LogP contribution is 2.33. The summed E-state index contributed by atoms with van der Waals surface area (Å²) in [5.41, 5.74) is 3.68. The van der Waals surface area contributed by atoms with Crippen LogP contribution in [-0.4, -0.2) is 64.4 Å². The van der Waals surface area contributed by atoms with Crippen molar-refractivity contribution in [3.63, 3.8) is 0 Å². The van der Waals surface area contributed by atoms with Gasteiger partial charge in [-0.3, -0.25) is 0 Å². The van der Waals surface area contributed by atoms with Gasteiger partial charge < -0.3 is 34.5 Å². The first-order chi connectivity index (χ1) is 21.3. The second kappa shape index (κ2) is 12.6. The van der Waals surface area contributed by atoms with E-state index in [-0.39, 0.29) is 18.6 Å². The van der Waals surface area contributed by atoms with Crippen LogP contribution in [0.4, 0.5) is 26.6 Å². The first-order valence-electron chi connectivity index (χ1n) is 13.9. The number of imidazole rings is 1. The maximum Gasteiger partial charge on any atom is 0.321 e. The number of hydrogen-bond acceptors (Lipinski definition) is 8. The lowest BCUT2D eigenvalue weighted by molar-refractivity contribution is 0.174. The number of amides is 2. The topological polar surface area (TPSA) is 110 Å². The summed E-state index contributed by atoms with van der Waals surface area (Å²) in [6.45, 7) is 1.98. The molecule has 0 bridgehead atoms. The number of urea groups is 1. The fourth-order valence-corrected chi connectivity index (χ4v) is 4.84. The summed E-state index contributed by atoms with van der Waals surface area (Å²) < 4.78 is 26.1. The van der Waals surface area contributed by atoms with Crippen molar-refractivity contribution in [3.05, 3.63) is 95.0 Å². The van der Waals surface area contributed by atoms with Gasteiger partial charge in [-0.15, -0.1) is 0 Å². The van der Waals surface area contributed by atoms with Crippen LogP contribution in [0.15, 0.2) is 73.1 Å². The van der Waals surface area contributed by atoms with Gasteiger partial charge in [-0.2, -0.15) is 9.97 Å². The van der Waals surface area contributed by atoms with Crippen LogP contribution in [0.25, 0.3) is 11.2 Å². The van der Waals surface area contributed by atoms with Gasteiger partial charge >= 0.3 is 6.03 Å². The molecule has 2 N–H and O–H groups in total. The van der Waals surface area contributed by atoms with Gasteiger partial charge in [0, 0.05) is 44.4 Å². The standard InChI is InChI=1S/C31H30ClFN8O3/c1-39(13-14-40(2)31(42)36-23-10-8-22(33)9-11-23)30-37-28(34-16-20-7-12-25-26(15-20)44-19-43-25)27-29(38-30)41(18-35-27)17-21-5-3-4-6-24(21)32/h3-12,15,18H,13-14,16-17,19H2,1-2H3,(H,36,42)(H,34,37,38). The van der Waals surface area contributed by atoms with E-state index in [1.165, 1.54) is 24.3 Å². The molecule has 2 aromatic heterocycles. The molecular weight excluding hydrogens is 587 g/mol. The third-order valence-electron chi connectivity index (χ3n) is 7.20. The van der Waals surface area contributed by atoms with Gasteiger partial charge in [0.05, 0.1) is 12.9 Å². The van der Waals surface area contributed by atoms with Crippen molar-refractivity contribution < 1.29 is 18.7 Å². The molecule has 1 aliphatic heterocycles. The van der Waals surface area contributed by atoms with Crippen molar-refractivity contribution >= 4 is 46.2 Å². The molecule has 0 unspecified atom stereocenters. The lowest BCUT2D eigenvalue weighted by Crippen LogP contribution is -2.37. The summed E-state index contributed by atoms with van der Waals surface area (Å²) in [6.07, 6.45) is 1.73. The zero-order valence-electron chi connectivity index (χ0n) is 24.1. The summed E-state index contributed by atoms with van der Waals surface area (Å²) in [7, 11) is 3.55. The van der Waals surface area contributed by atoms with Crippen molar-refractivity contribution in [2.75, 3.05) is 49.5 Å². The normalized spacial score (nSPS) is 11.9. The van der Waals surface area contributed by atoms with Gasteiger partial charge in [-0.1, -0.05) is 35.9 Å². The smallest absolute Gasteiger partial charge is 0.321 e. The summed E-state index contributed by atoms with van der Waals surface area (Å²) in [6, 6.07) is 18.7. The maximum absolute atomic E-state index is 13.2. The number of nitrogens with one attached hydrogen (secondary N) is 2. The van der Waals surface area contributed by atoms with Crippen LogP contribution < -0.4 is 25.0 Å². The highest BCUT2D eigenvalue weighted by Gasteiger charge is 2.19. The third-order valence-corrected chi connectivity index (χ3v) is 7.57. The first-order valence-corrected chi connectivity index (χ1v) is 14.3. The molecule has 0 spiro atoms. The number of anilines is 3. The van der Waals surface area contributed by atoms with E-state index >= 15 is 0 Å². The summed E-state index contributed by atoms with van der Waals surface area (Å²) in [5, 5.41) is 6.84. The van der Waals surface area contributed by atoms with Gasteiger partial charge in [-0.05, 0) is 53.6 Å². The second-order valence-electron chi connectivity index (χ2n) is 10.3. The molecule has 6 rings (SSSR count). The number of nitrogens with zero attached hydrogens (tertiary/aromatic N) is 6. The molecule has 0 radical (unpaired) electrons. The number of carbonyl (C=O) groups is 1. The Morgan fingerprint density at radius 3 is 2.64 bits per heavy atom. The molecule has 0 saturated heterocycles. The zero-order chi connectivity index (χ0) is 30.6. The summed E-state index contributed by atoms with van der Waals surface area (Å²) in [4.78, 5) is 30.4. The molecule has 0 aliphatic carbocycles. The first kappa shape index (κ1) is 29.0. The number of halogens is 2. The molecule has 1 aliphatic rings. The van der Waals surface area contributed by atoms with Crippen LogP contribution in [0, 0.1) is 5.82 Å². The van der Waals surface area contributed by atoms with Gasteiger partial charge in [0.15, 0.2) is 28.5 Å². The van der Waals surface area contributed by atoms with Gasteiger partial charge in [0.2, 0.25) is 12.7 Å². The van der Waals surface area contributed by atoms with Crippen LogP contribution in [0.3, 0.4) is 0 Å². The number of carbonyl (C=O) groups excluding carboxylic acids is 1. The Bertz CT molecular complexity index is 1800. The Hall–Kier alpha value is -5.10. The number of rotatable bonds is 10. The van der Waals surface area contributed by atoms with E-state index in [0.717, 1.165) is 16.9 Å². The van der Waals surface area contributed by atoms with Crippen LogP contribution in [0.2, 0.25) is 5.02 Å². The average molecular weight is 617 g/mol. The predicted octanol–water partition coefficient (Wildman–Crippen LogP) is 5.61. The molecule has 226 valence electrons. The monoisotopic (exact) mass is 616 g/mol. The Labute approximate surface area is 258 Å². The van der Waals surface area contributed by atoms with E-state index in [0.29, 0.717) is 65.6 Å². The minimum Gasteiger partial charge on any atom is -0.454 e. The van der Waals surface area contributed by atoms with Crippen molar-refractivity contribution in [2.24, 2.45) is 0 Å². The van der Waals surface area contributed by atoms with Gasteiger partial charge in [-0.25, -0.2) is 14.2 Å². The summed E-state index contributed by atoms with van der Waals surface area (Å²) >= 11 is 6.46. The van der Waals surface area contributed by atoms with Crippen molar-refractivity contribution in [1.82, 2.24) is 24.4 Å². The molecular formula is C31H30ClFN8O3. The quantitative estimate of drug-likeness (QED) is 0.208. The lowest BCUT2D eigenvalue weighted by Gasteiger charge is -2.23. The van der Waals surface area contributed by atoms with E-state index in [1.54, 1.807) is 18.3 Å². The molecule has 0 atom stereocenters. The number of aromatic nitrogens is 4. The fraction of sp³-hybridized carbons (Fsp3) is 0.226. The van der Waals surface area contributed by atoms with Crippen LogP contribution in [-0.2, 0) is 13.1 Å². The van der Waals surface area contributed by atoms with E-state index in [4.69, 9.17) is 31.0 Å². The number of benzene rings is 3. The highest BCUT2D eigenvalue weighted by molar-refractivity contribution is 6.31. The zero-order valence-corrected chi connectivity index (χ0v) is 24.9. The molecule has 5 aromatic rings. The van der Waals surface area contributed by atoms with Gasteiger partial charge in [0.25, 0.3) is 0 Å². The Morgan fingerprint density at radius 1 is 1.02 bits per heavy atom. The molecule has 3 aromatic carbocycles. The Morgan fingerprint density at radius 2 is 1.82 bits per heavy atom.